The van der Waals surface area contributed by atoms with Crippen LogP contribution in [0.2, 0.25) is 0 Å². The third-order valence-electron chi connectivity index (χ3n) is 14.3. The van der Waals surface area contributed by atoms with Gasteiger partial charge in [-0.3, -0.25) is 14.4 Å². The maximum atomic E-state index is 12.9. The summed E-state index contributed by atoms with van der Waals surface area (Å²) in [6.45, 7) is 6.23. The van der Waals surface area contributed by atoms with Crippen LogP contribution >= 0.6 is 0 Å². The van der Waals surface area contributed by atoms with Crippen molar-refractivity contribution < 1.29 is 28.6 Å². The number of hydrogen-bond acceptors (Lipinski definition) is 6. The average Bonchev–Trinajstić information content (AvgIpc) is 3.49. The van der Waals surface area contributed by atoms with E-state index in [4.69, 9.17) is 14.2 Å². The number of ether oxygens (including phenoxy) is 3. The zero-order valence-electron chi connectivity index (χ0n) is 53.9. The Morgan fingerprint density at radius 2 is 0.458 bits per heavy atom. The molecule has 0 aliphatic rings. The quantitative estimate of drug-likeness (QED) is 0.0261. The number of rotatable bonds is 61. The zero-order chi connectivity index (χ0) is 59.9. The molecule has 0 heterocycles. The Morgan fingerprint density at radius 3 is 0.747 bits per heavy atom. The Balaban J connectivity index is 4.19. The van der Waals surface area contributed by atoms with Crippen molar-refractivity contribution in [2.45, 2.75) is 309 Å². The van der Waals surface area contributed by atoms with Gasteiger partial charge in [0.25, 0.3) is 0 Å². The highest BCUT2D eigenvalue weighted by Gasteiger charge is 2.19. The van der Waals surface area contributed by atoms with Gasteiger partial charge in [-0.1, -0.05) is 308 Å². The normalized spacial score (nSPS) is 13.0. The summed E-state index contributed by atoms with van der Waals surface area (Å²) in [6.07, 6.45) is 101. The molecule has 0 aliphatic heterocycles. The highest BCUT2D eigenvalue weighted by molar-refractivity contribution is 5.71. The molecule has 470 valence electrons. The van der Waals surface area contributed by atoms with Gasteiger partial charge in [-0.15, -0.1) is 0 Å². The molecule has 0 N–H and O–H groups in total. The Morgan fingerprint density at radius 1 is 0.241 bits per heavy atom. The third-order valence-corrected chi connectivity index (χ3v) is 14.3. The lowest BCUT2D eigenvalue weighted by Gasteiger charge is -2.18. The molecule has 6 heteroatoms. The zero-order valence-corrected chi connectivity index (χ0v) is 53.9. The van der Waals surface area contributed by atoms with Crippen LogP contribution in [0.1, 0.15) is 303 Å². The number of allylic oxidation sites excluding steroid dienone is 24. The molecule has 6 nitrogen and oxygen atoms in total. The minimum absolute atomic E-state index is 0.112. The molecule has 0 spiro atoms. The van der Waals surface area contributed by atoms with E-state index >= 15 is 0 Å². The second kappa shape index (κ2) is 69.8. The van der Waals surface area contributed by atoms with Crippen molar-refractivity contribution in [3.05, 3.63) is 146 Å². The highest BCUT2D eigenvalue weighted by atomic mass is 16.6. The van der Waals surface area contributed by atoms with Gasteiger partial charge in [0.2, 0.25) is 0 Å². The summed E-state index contributed by atoms with van der Waals surface area (Å²) >= 11 is 0. The van der Waals surface area contributed by atoms with Crippen molar-refractivity contribution in [3.63, 3.8) is 0 Å². The first-order chi connectivity index (χ1) is 41.0. The molecule has 0 saturated heterocycles. The van der Waals surface area contributed by atoms with Crippen LogP contribution in [-0.2, 0) is 28.6 Å². The Kier molecular flexibility index (Phi) is 65.8. The number of carbonyl (C=O) groups is 3. The lowest BCUT2D eigenvalue weighted by Crippen LogP contribution is -2.30. The molecule has 0 fully saturated rings. The van der Waals surface area contributed by atoms with Gasteiger partial charge in [0.1, 0.15) is 13.2 Å². The predicted molar refractivity (Wildman–Crippen MR) is 362 cm³/mol. The van der Waals surface area contributed by atoms with E-state index in [9.17, 15) is 14.4 Å². The highest BCUT2D eigenvalue weighted by Crippen LogP contribution is 2.17. The van der Waals surface area contributed by atoms with E-state index in [-0.39, 0.29) is 44.0 Å². The van der Waals surface area contributed by atoms with E-state index in [0.29, 0.717) is 12.8 Å². The van der Waals surface area contributed by atoms with E-state index in [0.717, 1.165) is 128 Å². The van der Waals surface area contributed by atoms with Gasteiger partial charge < -0.3 is 14.2 Å². The maximum absolute atomic E-state index is 12.9. The minimum atomic E-state index is -0.824. The van der Waals surface area contributed by atoms with E-state index in [1.54, 1.807) is 0 Å². The van der Waals surface area contributed by atoms with Crippen molar-refractivity contribution >= 4 is 17.9 Å². The van der Waals surface area contributed by atoms with E-state index in [1.807, 2.05) is 6.08 Å². The van der Waals surface area contributed by atoms with Gasteiger partial charge in [0.05, 0.1) is 0 Å². The Hall–Kier alpha value is -4.71. The molecular formula is C77H126O6. The smallest absolute Gasteiger partial charge is 0.306 e. The third kappa shape index (κ3) is 68.0. The molecule has 0 bridgehead atoms. The van der Waals surface area contributed by atoms with Gasteiger partial charge in [-0.05, 0) is 122 Å². The molecule has 83 heavy (non-hydrogen) atoms. The second-order valence-electron chi connectivity index (χ2n) is 22.3. The van der Waals surface area contributed by atoms with Crippen molar-refractivity contribution in [1.82, 2.24) is 0 Å². The molecule has 0 aromatic rings. The summed E-state index contributed by atoms with van der Waals surface area (Å²) in [6, 6.07) is 0. The average molecular weight is 1150 g/mol. The van der Waals surface area contributed by atoms with Crippen LogP contribution in [0.15, 0.2) is 146 Å². The van der Waals surface area contributed by atoms with Crippen molar-refractivity contribution in [2.24, 2.45) is 0 Å². The van der Waals surface area contributed by atoms with E-state index < -0.39 is 6.10 Å². The summed E-state index contributed by atoms with van der Waals surface area (Å²) in [4.78, 5) is 38.3. The molecule has 0 saturated carbocycles. The lowest BCUT2D eigenvalue weighted by molar-refractivity contribution is -0.166. The second-order valence-corrected chi connectivity index (χ2v) is 22.3. The first-order valence-corrected chi connectivity index (χ1v) is 34.3. The number of hydrogen-bond donors (Lipinski definition) is 0. The molecule has 0 aromatic heterocycles. The first-order valence-electron chi connectivity index (χ1n) is 34.3. The van der Waals surface area contributed by atoms with Crippen LogP contribution in [-0.4, -0.2) is 37.2 Å². The van der Waals surface area contributed by atoms with Crippen molar-refractivity contribution in [3.8, 4) is 0 Å². The van der Waals surface area contributed by atoms with E-state index in [2.05, 4.69) is 161 Å². The van der Waals surface area contributed by atoms with Crippen LogP contribution in [0.5, 0.6) is 0 Å². The molecule has 0 aromatic carbocycles. The summed E-state index contributed by atoms with van der Waals surface area (Å²) < 4.78 is 16.8. The molecule has 0 aliphatic carbocycles. The largest absolute Gasteiger partial charge is 0.462 e. The van der Waals surface area contributed by atoms with Gasteiger partial charge in [-0.2, -0.15) is 0 Å². The van der Waals surface area contributed by atoms with Crippen molar-refractivity contribution in [1.29, 1.82) is 0 Å². The molecular weight excluding hydrogens is 1020 g/mol. The molecule has 1 unspecified atom stereocenters. The number of carbonyl (C=O) groups excluding carboxylic acids is 3. The lowest BCUT2D eigenvalue weighted by atomic mass is 10.0. The molecule has 0 rings (SSSR count). The fraction of sp³-hybridized carbons (Fsp3) is 0.649. The topological polar surface area (TPSA) is 78.9 Å². The summed E-state index contributed by atoms with van der Waals surface area (Å²) in [5.41, 5.74) is 0. The predicted octanol–water partition coefficient (Wildman–Crippen LogP) is 23.9. The Labute approximate surface area is 512 Å². The molecule has 0 amide bonds. The molecule has 0 radical (unpaired) electrons. The summed E-state index contributed by atoms with van der Waals surface area (Å²) in [7, 11) is 0. The van der Waals surface area contributed by atoms with Crippen molar-refractivity contribution in [2.75, 3.05) is 13.2 Å². The van der Waals surface area contributed by atoms with Crippen LogP contribution in [0.25, 0.3) is 0 Å². The first kappa shape index (κ1) is 78.3. The minimum Gasteiger partial charge on any atom is -0.462 e. The monoisotopic (exact) mass is 1150 g/mol. The van der Waals surface area contributed by atoms with Crippen LogP contribution in [0.4, 0.5) is 0 Å². The fourth-order valence-electron chi connectivity index (χ4n) is 9.32. The number of unbranched alkanes of at least 4 members (excludes halogenated alkanes) is 26. The van der Waals surface area contributed by atoms with Gasteiger partial charge in [0, 0.05) is 19.3 Å². The van der Waals surface area contributed by atoms with Crippen LogP contribution in [0, 0.1) is 0 Å². The fourth-order valence-corrected chi connectivity index (χ4v) is 9.32. The molecule has 1 atom stereocenters. The summed E-state index contributed by atoms with van der Waals surface area (Å²) in [5, 5.41) is 0. The summed E-state index contributed by atoms with van der Waals surface area (Å²) in [5.74, 6) is -1.02. The number of esters is 3. The van der Waals surface area contributed by atoms with E-state index in [1.165, 1.54) is 128 Å². The van der Waals surface area contributed by atoms with Crippen LogP contribution < -0.4 is 0 Å². The SMILES string of the molecule is CC/C=C\C/C=C\C/C=C\C/C=C\CCCCCCCCCCCCCCCCCCCCCCCCC(=O)OCC(COC(=O)CC/C=C\C/C=C\C/C=C\C/C=C\CC)OC(=O)CCCCCC/C=C\C/C=C\C/C=C\C/C=C\CC. The van der Waals surface area contributed by atoms with Gasteiger partial charge >= 0.3 is 17.9 Å². The van der Waals surface area contributed by atoms with Gasteiger partial charge in [0.15, 0.2) is 6.10 Å². The maximum Gasteiger partial charge on any atom is 0.306 e. The van der Waals surface area contributed by atoms with Crippen LogP contribution in [0.3, 0.4) is 0 Å². The Bertz CT molecular complexity index is 1800. The van der Waals surface area contributed by atoms with Gasteiger partial charge in [-0.25, -0.2) is 0 Å². The standard InChI is InChI=1S/C77H126O6/c1-4-7-10-13-16-19-22-25-27-29-30-31-32-33-34-35-36-37-38-39-40-41-42-43-44-45-46-48-49-52-55-58-61-64-67-70-76(79)82-73-74(72-81-75(78)69-66-63-60-57-54-51-24-21-18-15-12-9-6-3)83-77(80)71-68-65-62-59-56-53-50-47-28-26-23-20-17-14-11-8-5-2/h7-12,16-21,25-28,30-31,50-51,53-54,60,63,74H,4-6,13-15,22-24,29,32-49,52,55-59,61-62,64-73H2,1-3H3/b10-7-,11-8-,12-9-,19-16-,20-17-,21-18-,27-25-,28-26-,31-30-,53-50-,54-51-,63-60-.